The van der Waals surface area contributed by atoms with E-state index < -0.39 is 17.3 Å². The first-order valence-corrected chi connectivity index (χ1v) is 15.8. The number of hydrogen-bond acceptors (Lipinski definition) is 6. The summed E-state index contributed by atoms with van der Waals surface area (Å²) in [5.74, 6) is -1.46. The van der Waals surface area contributed by atoms with Crippen molar-refractivity contribution in [3.05, 3.63) is 0 Å². The highest BCUT2D eigenvalue weighted by Crippen LogP contribution is 2.35. The maximum atomic E-state index is 13.2. The molecule has 0 spiro atoms. The van der Waals surface area contributed by atoms with E-state index in [0.717, 1.165) is 64.2 Å². The molecule has 0 aromatic heterocycles. The molecule has 3 atom stereocenters. The Morgan fingerprint density at radius 3 is 2.38 bits per heavy atom. The van der Waals surface area contributed by atoms with E-state index in [1.807, 2.05) is 13.8 Å². The summed E-state index contributed by atoms with van der Waals surface area (Å²) in [7, 11) is 0. The molecule has 0 bridgehead atoms. The second-order valence-electron chi connectivity index (χ2n) is 13.4. The highest BCUT2D eigenvalue weighted by molar-refractivity contribution is 5.82. The normalized spacial score (nSPS) is 27.3. The van der Waals surface area contributed by atoms with Gasteiger partial charge in [0.25, 0.3) is 0 Å². The third-order valence-electron chi connectivity index (χ3n) is 8.77. The van der Waals surface area contributed by atoms with Gasteiger partial charge >= 0.3 is 12.0 Å². The van der Waals surface area contributed by atoms with Gasteiger partial charge in [-0.15, -0.1) is 0 Å². The molecule has 2 saturated carbocycles. The fourth-order valence-corrected chi connectivity index (χ4v) is 6.33. The molecule has 40 heavy (non-hydrogen) atoms. The van der Waals surface area contributed by atoms with Gasteiger partial charge < -0.3 is 30.2 Å². The lowest BCUT2D eigenvalue weighted by atomic mass is 9.78. The minimum Gasteiger partial charge on any atom is -0.460 e. The molecule has 0 aromatic carbocycles. The van der Waals surface area contributed by atoms with Crippen molar-refractivity contribution in [2.45, 2.75) is 161 Å². The molecule has 3 N–H and O–H groups in total. The average Bonchev–Trinajstić information content (AvgIpc) is 2.90. The number of ether oxygens (including phenoxy) is 3. The number of esters is 1. The second-order valence-corrected chi connectivity index (χ2v) is 13.4. The van der Waals surface area contributed by atoms with E-state index in [1.165, 1.54) is 25.7 Å². The molecule has 3 unspecified atom stereocenters. The first-order chi connectivity index (χ1) is 19.0. The van der Waals surface area contributed by atoms with E-state index in [1.54, 1.807) is 13.8 Å². The first kappa shape index (κ1) is 32.6. The Morgan fingerprint density at radius 2 is 1.65 bits per heavy atom. The lowest BCUT2D eigenvalue weighted by molar-refractivity contribution is -0.304. The molecule has 1 aliphatic heterocycles. The van der Waals surface area contributed by atoms with Crippen LogP contribution in [-0.4, -0.2) is 60.6 Å². The molecule has 9 heteroatoms. The molecule has 3 rings (SSSR count). The van der Waals surface area contributed by atoms with Crippen LogP contribution in [0, 0.1) is 5.41 Å². The molecule has 3 aliphatic rings. The van der Waals surface area contributed by atoms with E-state index in [9.17, 15) is 14.4 Å². The second kappa shape index (κ2) is 14.9. The molecule has 9 nitrogen and oxygen atoms in total. The number of amides is 3. The highest BCUT2D eigenvalue weighted by atomic mass is 16.7. The minimum atomic E-state index is -0.836. The van der Waals surface area contributed by atoms with Crippen molar-refractivity contribution in [3.63, 3.8) is 0 Å². The minimum absolute atomic E-state index is 0.0646. The summed E-state index contributed by atoms with van der Waals surface area (Å²) in [5.41, 5.74) is -0.597. The third-order valence-corrected chi connectivity index (χ3v) is 8.77. The predicted octanol–water partition coefficient (Wildman–Crippen LogP) is 5.50. The zero-order valence-corrected chi connectivity index (χ0v) is 25.7. The molecular formula is C31H55N3O6. The Balaban J connectivity index is 1.46. The van der Waals surface area contributed by atoms with Crippen molar-refractivity contribution >= 4 is 17.9 Å². The molecule has 1 saturated heterocycles. The van der Waals surface area contributed by atoms with Gasteiger partial charge in [-0.05, 0) is 52.4 Å². The Morgan fingerprint density at radius 1 is 0.925 bits per heavy atom. The fraction of sp³-hybridized carbons (Fsp3) is 0.903. The summed E-state index contributed by atoms with van der Waals surface area (Å²) < 4.78 is 17.4. The zero-order valence-electron chi connectivity index (χ0n) is 25.7. The fourth-order valence-electron chi connectivity index (χ4n) is 6.33. The average molecular weight is 566 g/mol. The van der Waals surface area contributed by atoms with Crippen LogP contribution in [0.4, 0.5) is 4.79 Å². The molecule has 2 aliphatic carbocycles. The quantitative estimate of drug-likeness (QED) is 0.213. The van der Waals surface area contributed by atoms with Crippen molar-refractivity contribution in [2.75, 3.05) is 13.2 Å². The van der Waals surface area contributed by atoms with Crippen molar-refractivity contribution in [3.8, 4) is 0 Å². The van der Waals surface area contributed by atoms with Gasteiger partial charge in [-0.2, -0.15) is 0 Å². The number of nitrogens with one attached hydrogen (secondary N) is 3. The van der Waals surface area contributed by atoms with Crippen LogP contribution < -0.4 is 16.0 Å². The Hall–Kier alpha value is -1.87. The number of urea groups is 1. The highest BCUT2D eigenvalue weighted by Gasteiger charge is 2.45. The lowest BCUT2D eigenvalue weighted by Crippen LogP contribution is -2.57. The molecular weight excluding hydrogens is 510 g/mol. The number of rotatable bonds is 12. The number of hydrogen-bond donors (Lipinski definition) is 3. The molecule has 1 heterocycles. The third kappa shape index (κ3) is 9.89. The topological polar surface area (TPSA) is 115 Å². The zero-order chi connectivity index (χ0) is 29.2. The van der Waals surface area contributed by atoms with Gasteiger partial charge in [-0.3, -0.25) is 9.59 Å². The lowest BCUT2D eigenvalue weighted by Gasteiger charge is -2.44. The molecule has 0 aromatic rings. The summed E-state index contributed by atoms with van der Waals surface area (Å²) in [6.45, 7) is 10.2. The summed E-state index contributed by atoms with van der Waals surface area (Å²) in [6, 6.07) is -0.341. The monoisotopic (exact) mass is 565 g/mol. The van der Waals surface area contributed by atoms with E-state index in [0.29, 0.717) is 6.61 Å². The molecule has 0 radical (unpaired) electrons. The van der Waals surface area contributed by atoms with Crippen molar-refractivity contribution in [1.29, 1.82) is 0 Å². The van der Waals surface area contributed by atoms with Gasteiger partial charge in [0.2, 0.25) is 5.91 Å². The first-order valence-electron chi connectivity index (χ1n) is 15.8. The number of carbonyl (C=O) groups excluding carboxylic acids is 3. The van der Waals surface area contributed by atoms with Crippen LogP contribution in [0.5, 0.6) is 0 Å². The maximum Gasteiger partial charge on any atom is 0.315 e. The van der Waals surface area contributed by atoms with Gasteiger partial charge in [0.15, 0.2) is 5.79 Å². The van der Waals surface area contributed by atoms with Crippen LogP contribution in [0.1, 0.15) is 131 Å². The van der Waals surface area contributed by atoms with Gasteiger partial charge in [-0.1, -0.05) is 72.1 Å². The van der Waals surface area contributed by atoms with Gasteiger partial charge in [0.05, 0.1) is 19.1 Å². The summed E-state index contributed by atoms with van der Waals surface area (Å²) in [5, 5.41) is 9.35. The van der Waals surface area contributed by atoms with E-state index in [-0.39, 0.29) is 48.6 Å². The van der Waals surface area contributed by atoms with Crippen molar-refractivity contribution in [1.82, 2.24) is 16.0 Å². The van der Waals surface area contributed by atoms with Crippen LogP contribution in [0.2, 0.25) is 0 Å². The van der Waals surface area contributed by atoms with Gasteiger partial charge in [-0.25, -0.2) is 4.79 Å². The maximum absolute atomic E-state index is 13.2. The Labute approximate surface area is 241 Å². The predicted molar refractivity (Wildman–Crippen MR) is 155 cm³/mol. The largest absolute Gasteiger partial charge is 0.460 e. The van der Waals surface area contributed by atoms with Crippen molar-refractivity contribution in [2.24, 2.45) is 5.41 Å². The summed E-state index contributed by atoms with van der Waals surface area (Å²) >= 11 is 0. The smallest absolute Gasteiger partial charge is 0.315 e. The van der Waals surface area contributed by atoms with E-state index >= 15 is 0 Å². The summed E-state index contributed by atoms with van der Waals surface area (Å²) in [4.78, 5) is 38.7. The SMILES string of the molecule is CCCCCCC1(NC(=O)NC2CCCCC2OC(=O)CCNC(=O)C2OC(C)(C)OCC2(C)C)CCCCC1. The van der Waals surface area contributed by atoms with Gasteiger partial charge in [0.1, 0.15) is 12.2 Å². The van der Waals surface area contributed by atoms with E-state index in [2.05, 4.69) is 22.9 Å². The molecule has 3 amide bonds. The van der Waals surface area contributed by atoms with Crippen LogP contribution in [0.3, 0.4) is 0 Å². The van der Waals surface area contributed by atoms with Crippen LogP contribution in [0.25, 0.3) is 0 Å². The standard InChI is InChI=1S/C31H55N3O6/c1-6-7-8-12-18-31(19-13-9-14-20-31)34-28(37)33-23-15-10-11-16-24(23)39-25(35)17-21-32-27(36)26-29(2,3)22-38-30(4,5)40-26/h23-24,26H,6-22H2,1-5H3,(H,32,36)(H2,33,34,37). The molecule has 3 fully saturated rings. The van der Waals surface area contributed by atoms with E-state index in [4.69, 9.17) is 14.2 Å². The van der Waals surface area contributed by atoms with Crippen molar-refractivity contribution < 1.29 is 28.6 Å². The Kier molecular flexibility index (Phi) is 12.1. The molecule has 230 valence electrons. The summed E-state index contributed by atoms with van der Waals surface area (Å²) in [6.07, 6.45) is 14.0. The van der Waals surface area contributed by atoms with Crippen LogP contribution >= 0.6 is 0 Å². The number of carbonyl (C=O) groups is 3. The Bertz CT molecular complexity index is 839. The van der Waals surface area contributed by atoms with Gasteiger partial charge in [0, 0.05) is 17.5 Å². The van der Waals surface area contributed by atoms with Crippen LogP contribution in [-0.2, 0) is 23.8 Å². The van der Waals surface area contributed by atoms with Crippen LogP contribution in [0.15, 0.2) is 0 Å². The number of unbranched alkanes of at least 4 members (excludes halogenated alkanes) is 3.